The second-order valence-electron chi connectivity index (χ2n) is 4.02. The number of hydrogen-bond acceptors (Lipinski definition) is 4. The van der Waals surface area contributed by atoms with Crippen molar-refractivity contribution in [2.75, 3.05) is 13.7 Å². The summed E-state index contributed by atoms with van der Waals surface area (Å²) in [6, 6.07) is 10.3. The number of carbonyl (C=O) groups excluding carboxylic acids is 1. The van der Waals surface area contributed by atoms with Crippen molar-refractivity contribution < 1.29 is 14.4 Å². The van der Waals surface area contributed by atoms with Crippen molar-refractivity contribution >= 4 is 6.16 Å². The van der Waals surface area contributed by atoms with Crippen molar-refractivity contribution in [1.82, 2.24) is 5.48 Å². The Balaban J connectivity index is 1.88. The summed E-state index contributed by atoms with van der Waals surface area (Å²) in [6.07, 6.45) is 1.53. The van der Waals surface area contributed by atoms with E-state index in [2.05, 4.69) is 27.2 Å². The van der Waals surface area contributed by atoms with Gasteiger partial charge in [-0.25, -0.2) is 4.79 Å². The Bertz CT molecular complexity index is 360. The van der Waals surface area contributed by atoms with Gasteiger partial charge in [0.25, 0.3) is 0 Å². The van der Waals surface area contributed by atoms with Crippen molar-refractivity contribution in [3.05, 3.63) is 35.9 Å². The molecule has 1 aromatic carbocycles. The third-order valence-corrected chi connectivity index (χ3v) is 2.97. The highest BCUT2D eigenvalue weighted by Crippen LogP contribution is 2.47. The molecule has 1 N–H and O–H groups in total. The topological polar surface area (TPSA) is 47.6 Å². The highest BCUT2D eigenvalue weighted by Gasteiger charge is 2.44. The van der Waals surface area contributed by atoms with Gasteiger partial charge in [-0.2, -0.15) is 0 Å². The van der Waals surface area contributed by atoms with Crippen molar-refractivity contribution in [3.63, 3.8) is 0 Å². The summed E-state index contributed by atoms with van der Waals surface area (Å²) in [6.45, 7) is 0.631. The van der Waals surface area contributed by atoms with Crippen molar-refractivity contribution in [3.8, 4) is 0 Å². The molecule has 0 saturated heterocycles. The molecular formula is C12H15NO3. The molecule has 0 amide bonds. The van der Waals surface area contributed by atoms with E-state index in [1.165, 1.54) is 12.7 Å². The third-order valence-electron chi connectivity index (χ3n) is 2.97. The van der Waals surface area contributed by atoms with E-state index in [9.17, 15) is 4.79 Å². The van der Waals surface area contributed by atoms with E-state index in [1.807, 2.05) is 18.2 Å². The molecule has 1 aromatic rings. The van der Waals surface area contributed by atoms with Crippen molar-refractivity contribution in [1.29, 1.82) is 0 Å². The van der Waals surface area contributed by atoms with Gasteiger partial charge in [-0.05, 0) is 18.4 Å². The molecule has 16 heavy (non-hydrogen) atoms. The monoisotopic (exact) mass is 221 g/mol. The Morgan fingerprint density at radius 1 is 1.38 bits per heavy atom. The molecule has 4 nitrogen and oxygen atoms in total. The van der Waals surface area contributed by atoms with E-state index in [4.69, 9.17) is 0 Å². The van der Waals surface area contributed by atoms with Gasteiger partial charge in [0.05, 0.1) is 7.11 Å². The minimum atomic E-state index is -0.705. The van der Waals surface area contributed by atoms with Crippen LogP contribution in [0.1, 0.15) is 18.4 Å². The van der Waals surface area contributed by atoms with Crippen LogP contribution in [0, 0.1) is 0 Å². The molecule has 0 spiro atoms. The smallest absolute Gasteiger partial charge is 0.436 e. The number of rotatable bonds is 4. The molecule has 1 fully saturated rings. The minimum absolute atomic E-state index is 0.134. The number of hydroxylamine groups is 1. The molecule has 0 radical (unpaired) electrons. The molecule has 1 aliphatic carbocycles. The Kier molecular flexibility index (Phi) is 3.10. The summed E-state index contributed by atoms with van der Waals surface area (Å²) in [4.78, 5) is 15.4. The first-order valence-corrected chi connectivity index (χ1v) is 5.30. The fraction of sp³-hybridized carbons (Fsp3) is 0.417. The first kappa shape index (κ1) is 11.0. The van der Waals surface area contributed by atoms with Crippen LogP contribution in [-0.4, -0.2) is 19.8 Å². The molecule has 0 aliphatic heterocycles. The van der Waals surface area contributed by atoms with Gasteiger partial charge < -0.3 is 9.57 Å². The summed E-state index contributed by atoms with van der Waals surface area (Å²) in [7, 11) is 1.29. The lowest BCUT2D eigenvalue weighted by Gasteiger charge is -2.15. The van der Waals surface area contributed by atoms with E-state index < -0.39 is 6.16 Å². The van der Waals surface area contributed by atoms with Crippen LogP contribution in [0.3, 0.4) is 0 Å². The number of ether oxygens (including phenoxy) is 1. The first-order chi connectivity index (χ1) is 7.77. The second kappa shape index (κ2) is 4.53. The molecule has 0 atom stereocenters. The van der Waals surface area contributed by atoms with Gasteiger partial charge in [0.15, 0.2) is 0 Å². The quantitative estimate of drug-likeness (QED) is 0.624. The maximum Gasteiger partial charge on any atom is 0.527 e. The molecule has 2 rings (SSSR count). The van der Waals surface area contributed by atoms with Crippen LogP contribution in [0.15, 0.2) is 30.3 Å². The summed E-state index contributed by atoms with van der Waals surface area (Å²) < 4.78 is 4.37. The number of methoxy groups -OCH3 is 1. The predicted molar refractivity (Wildman–Crippen MR) is 58.8 cm³/mol. The van der Waals surface area contributed by atoms with Crippen LogP contribution in [0.25, 0.3) is 0 Å². The van der Waals surface area contributed by atoms with E-state index >= 15 is 0 Å². The molecule has 0 heterocycles. The lowest BCUT2D eigenvalue weighted by Crippen LogP contribution is -2.29. The predicted octanol–water partition coefficient (Wildman–Crippen LogP) is 2.01. The van der Waals surface area contributed by atoms with Crippen LogP contribution in [0.4, 0.5) is 4.79 Å². The number of hydrogen-bond donors (Lipinski definition) is 1. The largest absolute Gasteiger partial charge is 0.527 e. The summed E-state index contributed by atoms with van der Waals surface area (Å²) in [5, 5.41) is 0. The summed E-state index contributed by atoms with van der Waals surface area (Å²) >= 11 is 0. The Morgan fingerprint density at radius 3 is 2.62 bits per heavy atom. The maximum absolute atomic E-state index is 10.7. The van der Waals surface area contributed by atoms with Crippen LogP contribution >= 0.6 is 0 Å². The van der Waals surface area contributed by atoms with Gasteiger partial charge >= 0.3 is 6.16 Å². The van der Waals surface area contributed by atoms with E-state index in [0.717, 1.165) is 12.8 Å². The van der Waals surface area contributed by atoms with Crippen LogP contribution in [0.2, 0.25) is 0 Å². The van der Waals surface area contributed by atoms with Crippen LogP contribution < -0.4 is 5.48 Å². The second-order valence-corrected chi connectivity index (χ2v) is 4.02. The average molecular weight is 221 g/mol. The summed E-state index contributed by atoms with van der Waals surface area (Å²) in [5.41, 5.74) is 4.08. The minimum Gasteiger partial charge on any atom is -0.436 e. The fourth-order valence-electron chi connectivity index (χ4n) is 1.78. The van der Waals surface area contributed by atoms with Gasteiger partial charge in [0.1, 0.15) is 0 Å². The van der Waals surface area contributed by atoms with E-state index in [0.29, 0.717) is 6.54 Å². The van der Waals surface area contributed by atoms with Gasteiger partial charge in [0, 0.05) is 12.0 Å². The first-order valence-electron chi connectivity index (χ1n) is 5.30. The molecule has 86 valence electrons. The number of benzene rings is 1. The molecule has 1 saturated carbocycles. The Labute approximate surface area is 94.5 Å². The zero-order valence-corrected chi connectivity index (χ0v) is 9.23. The third kappa shape index (κ3) is 2.33. The van der Waals surface area contributed by atoms with Crippen molar-refractivity contribution in [2.24, 2.45) is 0 Å². The highest BCUT2D eigenvalue weighted by atomic mass is 16.8. The fourth-order valence-corrected chi connectivity index (χ4v) is 1.78. The molecule has 4 heteroatoms. The van der Waals surface area contributed by atoms with Gasteiger partial charge in [-0.1, -0.05) is 30.3 Å². The number of carbonyl (C=O) groups is 1. The molecule has 0 aromatic heterocycles. The lowest BCUT2D eigenvalue weighted by atomic mass is 9.96. The van der Waals surface area contributed by atoms with E-state index in [1.54, 1.807) is 0 Å². The summed E-state index contributed by atoms with van der Waals surface area (Å²) in [5.74, 6) is 0. The molecular weight excluding hydrogens is 206 g/mol. The highest BCUT2D eigenvalue weighted by molar-refractivity contribution is 5.59. The van der Waals surface area contributed by atoms with Crippen LogP contribution in [0.5, 0.6) is 0 Å². The zero-order chi connectivity index (χ0) is 11.4. The van der Waals surface area contributed by atoms with E-state index in [-0.39, 0.29) is 5.41 Å². The number of nitrogens with one attached hydrogen (secondary N) is 1. The molecule has 1 aliphatic rings. The van der Waals surface area contributed by atoms with Crippen LogP contribution in [-0.2, 0) is 15.0 Å². The Hall–Kier alpha value is -1.55. The molecule has 0 bridgehead atoms. The van der Waals surface area contributed by atoms with Gasteiger partial charge in [-0.3, -0.25) is 0 Å². The van der Waals surface area contributed by atoms with Gasteiger partial charge in [-0.15, -0.1) is 5.48 Å². The lowest BCUT2D eigenvalue weighted by molar-refractivity contribution is 0.0269. The Morgan fingerprint density at radius 2 is 2.06 bits per heavy atom. The van der Waals surface area contributed by atoms with Gasteiger partial charge in [0.2, 0.25) is 0 Å². The standard InChI is InChI=1S/C12H15NO3/c1-15-11(14)16-13-9-12(7-8-12)10-5-3-2-4-6-10/h2-6,13H,7-9H2,1H3. The normalized spacial score (nSPS) is 16.6. The zero-order valence-electron chi connectivity index (χ0n) is 9.23. The molecule has 0 unspecified atom stereocenters. The SMILES string of the molecule is COC(=O)ONCC1(c2ccccc2)CC1. The maximum atomic E-state index is 10.7. The van der Waals surface area contributed by atoms with Crippen molar-refractivity contribution in [2.45, 2.75) is 18.3 Å². The average Bonchev–Trinajstić information content (AvgIpc) is 3.11.